The summed E-state index contributed by atoms with van der Waals surface area (Å²) in [5, 5.41) is 3.00. The third-order valence-corrected chi connectivity index (χ3v) is 2.68. The van der Waals surface area contributed by atoms with Crippen LogP contribution in [-0.2, 0) is 11.3 Å². The Morgan fingerprint density at radius 2 is 2.16 bits per heavy atom. The lowest BCUT2D eigenvalue weighted by Crippen LogP contribution is -2.37. The molecule has 3 N–H and O–H groups in total. The molecule has 1 amide bonds. The maximum absolute atomic E-state index is 13.3. The van der Waals surface area contributed by atoms with Crippen molar-refractivity contribution in [1.29, 1.82) is 0 Å². The number of carbonyl (C=O) groups excluding carboxylic acids is 1. The number of hydrogen-bond acceptors (Lipinski definition) is 3. The molecule has 0 spiro atoms. The normalized spacial score (nSPS) is 10.8. The van der Waals surface area contributed by atoms with Crippen LogP contribution in [0, 0.1) is 11.7 Å². The molecule has 1 rings (SSSR count). The number of rotatable bonds is 7. The van der Waals surface area contributed by atoms with E-state index in [-0.39, 0.29) is 18.3 Å². The number of anilines is 1. The standard InChI is InChI=1S/C14H22FN3O/c1-10(2)8-18(9-14(16)19)13-5-4-12(15)6-11(13)7-17-3/h4-6,10,17H,7-9H2,1-3H3,(H2,16,19). The summed E-state index contributed by atoms with van der Waals surface area (Å²) < 4.78 is 13.3. The summed E-state index contributed by atoms with van der Waals surface area (Å²) in [6.45, 7) is 5.51. The lowest BCUT2D eigenvalue weighted by atomic mass is 10.1. The highest BCUT2D eigenvalue weighted by molar-refractivity contribution is 5.80. The molecular weight excluding hydrogens is 245 g/mol. The Balaban J connectivity index is 3.08. The van der Waals surface area contributed by atoms with Gasteiger partial charge in [0.25, 0.3) is 0 Å². The largest absolute Gasteiger partial charge is 0.368 e. The Morgan fingerprint density at radius 3 is 2.68 bits per heavy atom. The molecule has 0 atom stereocenters. The molecule has 0 unspecified atom stereocenters. The van der Waals surface area contributed by atoms with Crippen LogP contribution in [0.4, 0.5) is 10.1 Å². The molecule has 0 saturated carbocycles. The zero-order valence-electron chi connectivity index (χ0n) is 11.7. The number of halogens is 1. The van der Waals surface area contributed by atoms with Crippen molar-refractivity contribution in [1.82, 2.24) is 5.32 Å². The highest BCUT2D eigenvalue weighted by Gasteiger charge is 2.15. The van der Waals surface area contributed by atoms with E-state index in [0.717, 1.165) is 11.3 Å². The van der Waals surface area contributed by atoms with E-state index in [1.54, 1.807) is 13.1 Å². The van der Waals surface area contributed by atoms with Gasteiger partial charge in [0, 0.05) is 18.8 Å². The monoisotopic (exact) mass is 267 g/mol. The lowest BCUT2D eigenvalue weighted by molar-refractivity contribution is -0.116. The molecule has 5 heteroatoms. The number of hydrogen-bond donors (Lipinski definition) is 2. The summed E-state index contributed by atoms with van der Waals surface area (Å²) >= 11 is 0. The van der Waals surface area contributed by atoms with E-state index < -0.39 is 0 Å². The van der Waals surface area contributed by atoms with Gasteiger partial charge in [-0.25, -0.2) is 4.39 Å². The molecule has 0 saturated heterocycles. The van der Waals surface area contributed by atoms with Crippen molar-refractivity contribution in [2.24, 2.45) is 11.7 Å². The van der Waals surface area contributed by atoms with Gasteiger partial charge in [-0.1, -0.05) is 13.8 Å². The highest BCUT2D eigenvalue weighted by atomic mass is 19.1. The molecular formula is C14H22FN3O. The molecule has 0 heterocycles. The minimum Gasteiger partial charge on any atom is -0.368 e. The Hall–Kier alpha value is -1.62. The Labute approximate surface area is 113 Å². The number of nitrogens with zero attached hydrogens (tertiary/aromatic N) is 1. The van der Waals surface area contributed by atoms with Gasteiger partial charge in [0.2, 0.25) is 5.91 Å². The van der Waals surface area contributed by atoms with E-state index in [2.05, 4.69) is 19.2 Å². The van der Waals surface area contributed by atoms with Crippen molar-refractivity contribution in [2.75, 3.05) is 25.0 Å². The van der Waals surface area contributed by atoms with E-state index in [0.29, 0.717) is 19.0 Å². The van der Waals surface area contributed by atoms with Crippen molar-refractivity contribution >= 4 is 11.6 Å². The molecule has 0 aliphatic heterocycles. The van der Waals surface area contributed by atoms with Crippen molar-refractivity contribution < 1.29 is 9.18 Å². The fourth-order valence-corrected chi connectivity index (χ4v) is 2.07. The minimum absolute atomic E-state index is 0.139. The summed E-state index contributed by atoms with van der Waals surface area (Å²) in [7, 11) is 1.80. The summed E-state index contributed by atoms with van der Waals surface area (Å²) in [4.78, 5) is 13.1. The fraction of sp³-hybridized carbons (Fsp3) is 0.500. The van der Waals surface area contributed by atoms with Gasteiger partial charge < -0.3 is 16.0 Å². The molecule has 0 radical (unpaired) electrons. The molecule has 106 valence electrons. The van der Waals surface area contributed by atoms with E-state index in [1.165, 1.54) is 12.1 Å². The van der Waals surface area contributed by atoms with Crippen LogP contribution in [0.1, 0.15) is 19.4 Å². The van der Waals surface area contributed by atoms with Gasteiger partial charge in [-0.05, 0) is 36.7 Å². The van der Waals surface area contributed by atoms with E-state index in [1.807, 2.05) is 4.90 Å². The molecule has 0 aliphatic carbocycles. The lowest BCUT2D eigenvalue weighted by Gasteiger charge is -2.27. The van der Waals surface area contributed by atoms with Crippen LogP contribution in [-0.4, -0.2) is 26.0 Å². The molecule has 19 heavy (non-hydrogen) atoms. The maximum Gasteiger partial charge on any atom is 0.236 e. The first-order valence-corrected chi connectivity index (χ1v) is 6.40. The maximum atomic E-state index is 13.3. The molecule has 0 fully saturated rings. The second-order valence-electron chi connectivity index (χ2n) is 5.04. The number of amides is 1. The summed E-state index contributed by atoms with van der Waals surface area (Å²) in [6.07, 6.45) is 0. The zero-order valence-corrected chi connectivity index (χ0v) is 11.7. The fourth-order valence-electron chi connectivity index (χ4n) is 2.07. The van der Waals surface area contributed by atoms with Crippen molar-refractivity contribution in [3.05, 3.63) is 29.6 Å². The molecule has 4 nitrogen and oxygen atoms in total. The van der Waals surface area contributed by atoms with Crippen molar-refractivity contribution in [2.45, 2.75) is 20.4 Å². The van der Waals surface area contributed by atoms with Gasteiger partial charge >= 0.3 is 0 Å². The quantitative estimate of drug-likeness (QED) is 0.787. The highest BCUT2D eigenvalue weighted by Crippen LogP contribution is 2.22. The summed E-state index contributed by atoms with van der Waals surface area (Å²) in [5.41, 5.74) is 6.96. The zero-order chi connectivity index (χ0) is 14.4. The van der Waals surface area contributed by atoms with Crippen molar-refractivity contribution in [3.63, 3.8) is 0 Å². The van der Waals surface area contributed by atoms with Crippen molar-refractivity contribution in [3.8, 4) is 0 Å². The summed E-state index contributed by atoms with van der Waals surface area (Å²) in [6, 6.07) is 4.59. The molecule has 0 aromatic heterocycles. The Bertz CT molecular complexity index is 435. The van der Waals surface area contributed by atoms with E-state index >= 15 is 0 Å². The topological polar surface area (TPSA) is 58.4 Å². The van der Waals surface area contributed by atoms with Gasteiger partial charge in [0.05, 0.1) is 6.54 Å². The summed E-state index contributed by atoms with van der Waals surface area (Å²) in [5.74, 6) is -0.287. The number of carbonyl (C=O) groups is 1. The smallest absolute Gasteiger partial charge is 0.236 e. The van der Waals surface area contributed by atoms with Gasteiger partial charge in [-0.2, -0.15) is 0 Å². The van der Waals surface area contributed by atoms with E-state index in [9.17, 15) is 9.18 Å². The molecule has 1 aromatic carbocycles. The predicted molar refractivity (Wildman–Crippen MR) is 75.4 cm³/mol. The SMILES string of the molecule is CNCc1cc(F)ccc1N(CC(N)=O)CC(C)C. The molecule has 0 bridgehead atoms. The number of benzene rings is 1. The van der Waals surface area contributed by atoms with Crippen LogP contribution < -0.4 is 16.0 Å². The van der Waals surface area contributed by atoms with Gasteiger partial charge in [-0.3, -0.25) is 4.79 Å². The van der Waals surface area contributed by atoms with Crippen LogP contribution in [0.25, 0.3) is 0 Å². The molecule has 0 aliphatic rings. The number of nitrogens with one attached hydrogen (secondary N) is 1. The van der Waals surface area contributed by atoms with Crippen LogP contribution >= 0.6 is 0 Å². The van der Waals surface area contributed by atoms with Crippen LogP contribution in [0.2, 0.25) is 0 Å². The second-order valence-corrected chi connectivity index (χ2v) is 5.04. The average molecular weight is 267 g/mol. The van der Waals surface area contributed by atoms with E-state index in [4.69, 9.17) is 5.73 Å². The van der Waals surface area contributed by atoms with Crippen LogP contribution in [0.5, 0.6) is 0 Å². The molecule has 1 aromatic rings. The second kappa shape index (κ2) is 7.09. The first-order valence-electron chi connectivity index (χ1n) is 6.40. The predicted octanol–water partition coefficient (Wildman–Crippen LogP) is 1.49. The Morgan fingerprint density at radius 1 is 1.47 bits per heavy atom. The minimum atomic E-state index is -0.389. The average Bonchev–Trinajstić information content (AvgIpc) is 2.27. The first-order chi connectivity index (χ1) is 8.93. The van der Waals surface area contributed by atoms with Crippen LogP contribution in [0.15, 0.2) is 18.2 Å². The third-order valence-electron chi connectivity index (χ3n) is 2.68. The van der Waals surface area contributed by atoms with Gasteiger partial charge in [0.15, 0.2) is 0 Å². The number of nitrogens with two attached hydrogens (primary N) is 1. The Kier molecular flexibility index (Phi) is 5.76. The third kappa shape index (κ3) is 4.87. The van der Waals surface area contributed by atoms with Crippen LogP contribution in [0.3, 0.4) is 0 Å². The van der Waals surface area contributed by atoms with Gasteiger partial charge in [0.1, 0.15) is 5.82 Å². The first kappa shape index (κ1) is 15.4. The van der Waals surface area contributed by atoms with Gasteiger partial charge in [-0.15, -0.1) is 0 Å². The number of primary amides is 1.